The number of carbonyl (C=O) groups is 2. The van der Waals surface area contributed by atoms with Crippen LogP contribution in [0.3, 0.4) is 0 Å². The first-order valence-corrected chi connectivity index (χ1v) is 9.64. The van der Waals surface area contributed by atoms with Crippen LogP contribution in [0, 0.1) is 0 Å². The van der Waals surface area contributed by atoms with Crippen LogP contribution in [0.25, 0.3) is 0 Å². The van der Waals surface area contributed by atoms with Gasteiger partial charge in [-0.25, -0.2) is 9.59 Å². The monoisotopic (exact) mass is 403 g/mol. The van der Waals surface area contributed by atoms with Gasteiger partial charge in [0.25, 0.3) is 0 Å². The number of hydrogen-bond donors (Lipinski definition) is 0. The Morgan fingerprint density at radius 3 is 1.86 bits per heavy atom. The molecule has 0 saturated carbocycles. The Kier molecular flexibility index (Phi) is 7.70. The van der Waals surface area contributed by atoms with Crippen LogP contribution in [0.5, 0.6) is 11.5 Å². The minimum atomic E-state index is -0.650. The van der Waals surface area contributed by atoms with Crippen molar-refractivity contribution in [2.45, 2.75) is 39.7 Å². The van der Waals surface area contributed by atoms with E-state index in [0.717, 1.165) is 0 Å². The Labute approximate surface area is 171 Å². The highest BCUT2D eigenvalue weighted by Gasteiger charge is 2.36. The average Bonchev–Trinajstić information content (AvgIpc) is 2.72. The summed E-state index contributed by atoms with van der Waals surface area (Å²) in [4.78, 5) is 27.4. The van der Waals surface area contributed by atoms with Crippen molar-refractivity contribution in [2.75, 3.05) is 27.4 Å². The zero-order valence-corrected chi connectivity index (χ0v) is 17.9. The molecule has 2 rings (SSSR count). The molecule has 0 bridgehead atoms. The molecule has 1 aromatic carbocycles. The van der Waals surface area contributed by atoms with Crippen LogP contribution in [0.4, 0.5) is 0 Å². The first-order chi connectivity index (χ1) is 13.9. The van der Waals surface area contributed by atoms with Crippen molar-refractivity contribution in [2.24, 2.45) is 0 Å². The maximum Gasteiger partial charge on any atom is 0.336 e. The summed E-state index contributed by atoms with van der Waals surface area (Å²) in [5.74, 6) is -0.550. The summed E-state index contributed by atoms with van der Waals surface area (Å²) in [5.41, 5.74) is 1.42. The number of nitrogens with zero attached hydrogens (tertiary/aromatic N) is 1. The summed E-state index contributed by atoms with van der Waals surface area (Å²) in [6, 6.07) is 5.34. The lowest BCUT2D eigenvalue weighted by molar-refractivity contribution is -0.139. The average molecular weight is 403 g/mol. The van der Waals surface area contributed by atoms with Crippen LogP contribution in [0.2, 0.25) is 0 Å². The number of methoxy groups -OCH3 is 2. The summed E-state index contributed by atoms with van der Waals surface area (Å²) in [5, 5.41) is 0. The van der Waals surface area contributed by atoms with E-state index in [4.69, 9.17) is 18.9 Å². The summed E-state index contributed by atoms with van der Waals surface area (Å²) in [6.07, 6.45) is 3.46. The fourth-order valence-corrected chi connectivity index (χ4v) is 3.13. The van der Waals surface area contributed by atoms with Crippen molar-refractivity contribution in [1.82, 2.24) is 4.90 Å². The Balaban J connectivity index is 2.65. The Bertz CT molecular complexity index is 776. The second-order valence-corrected chi connectivity index (χ2v) is 6.70. The lowest BCUT2D eigenvalue weighted by Crippen LogP contribution is -2.32. The number of carbonyl (C=O) groups excluding carboxylic acids is 2. The van der Waals surface area contributed by atoms with Crippen molar-refractivity contribution < 1.29 is 28.5 Å². The molecule has 7 nitrogen and oxygen atoms in total. The van der Waals surface area contributed by atoms with E-state index < -0.39 is 17.9 Å². The molecular weight excluding hydrogens is 374 g/mol. The molecule has 0 N–H and O–H groups in total. The topological polar surface area (TPSA) is 74.3 Å². The molecule has 1 aromatic rings. The summed E-state index contributed by atoms with van der Waals surface area (Å²) >= 11 is 0. The third-order valence-electron chi connectivity index (χ3n) is 4.56. The van der Waals surface area contributed by atoms with E-state index in [-0.39, 0.29) is 19.3 Å². The van der Waals surface area contributed by atoms with E-state index in [0.29, 0.717) is 28.2 Å². The predicted molar refractivity (Wildman–Crippen MR) is 109 cm³/mol. The highest BCUT2D eigenvalue weighted by molar-refractivity contribution is 5.98. The highest BCUT2D eigenvalue weighted by atomic mass is 16.5. The summed E-state index contributed by atoms with van der Waals surface area (Å²) < 4.78 is 21.3. The maximum absolute atomic E-state index is 12.8. The number of ether oxygens (including phenoxy) is 4. The fraction of sp³-hybridized carbons (Fsp3) is 0.455. The Hall–Kier alpha value is -2.96. The number of hydrogen-bond acceptors (Lipinski definition) is 7. The molecule has 0 radical (unpaired) electrons. The van der Waals surface area contributed by atoms with E-state index in [9.17, 15) is 9.59 Å². The van der Waals surface area contributed by atoms with Crippen LogP contribution >= 0.6 is 0 Å². The van der Waals surface area contributed by atoms with Gasteiger partial charge in [-0.15, -0.1) is 0 Å². The molecule has 0 fully saturated rings. The Morgan fingerprint density at radius 2 is 1.45 bits per heavy atom. The van der Waals surface area contributed by atoms with E-state index in [1.807, 2.05) is 18.7 Å². The minimum absolute atomic E-state index is 0.0372. The van der Waals surface area contributed by atoms with Gasteiger partial charge in [0.2, 0.25) is 0 Å². The lowest BCUT2D eigenvalue weighted by atomic mass is 9.83. The smallest absolute Gasteiger partial charge is 0.336 e. The molecule has 1 aliphatic heterocycles. The zero-order valence-electron chi connectivity index (χ0n) is 17.9. The highest BCUT2D eigenvalue weighted by Crippen LogP contribution is 2.40. The van der Waals surface area contributed by atoms with Crippen LogP contribution < -0.4 is 9.47 Å². The van der Waals surface area contributed by atoms with Crippen molar-refractivity contribution in [3.05, 3.63) is 47.3 Å². The fourth-order valence-electron chi connectivity index (χ4n) is 3.13. The summed E-state index contributed by atoms with van der Waals surface area (Å²) in [6.45, 7) is 7.89. The first kappa shape index (κ1) is 22.3. The van der Waals surface area contributed by atoms with Crippen LogP contribution in [0.15, 0.2) is 41.7 Å². The summed E-state index contributed by atoms with van der Waals surface area (Å²) in [7, 11) is 3.08. The molecule has 29 heavy (non-hydrogen) atoms. The van der Waals surface area contributed by atoms with Gasteiger partial charge in [0.15, 0.2) is 11.5 Å². The van der Waals surface area contributed by atoms with E-state index >= 15 is 0 Å². The van der Waals surface area contributed by atoms with Crippen molar-refractivity contribution in [3.8, 4) is 11.5 Å². The second kappa shape index (κ2) is 10.0. The third-order valence-corrected chi connectivity index (χ3v) is 4.56. The van der Waals surface area contributed by atoms with Gasteiger partial charge in [-0.3, -0.25) is 0 Å². The van der Waals surface area contributed by atoms with Crippen LogP contribution in [0.1, 0.15) is 39.2 Å². The van der Waals surface area contributed by atoms with Gasteiger partial charge < -0.3 is 23.8 Å². The number of benzene rings is 1. The quantitative estimate of drug-likeness (QED) is 0.616. The normalized spacial score (nSPS) is 14.2. The van der Waals surface area contributed by atoms with Gasteiger partial charge >= 0.3 is 11.9 Å². The SMILES string of the molecule is CCOC(=O)C1=CN(C(C)C)C=C(C(=O)OCC)C1c1ccc(OC)c(OC)c1. The molecule has 0 spiro atoms. The molecule has 7 heteroatoms. The second-order valence-electron chi connectivity index (χ2n) is 6.70. The van der Waals surface area contributed by atoms with E-state index in [2.05, 4.69) is 0 Å². The predicted octanol–water partition coefficient (Wildman–Crippen LogP) is 3.41. The molecule has 0 saturated heterocycles. The molecule has 1 aliphatic rings. The molecule has 0 aliphatic carbocycles. The third kappa shape index (κ3) is 4.91. The molecule has 1 heterocycles. The molecule has 0 aromatic heterocycles. The van der Waals surface area contributed by atoms with Gasteiger partial charge in [0, 0.05) is 18.4 Å². The van der Waals surface area contributed by atoms with Gasteiger partial charge in [-0.1, -0.05) is 6.07 Å². The van der Waals surface area contributed by atoms with E-state index in [1.165, 1.54) is 7.11 Å². The zero-order chi connectivity index (χ0) is 21.6. The molecular formula is C22H29NO6. The van der Waals surface area contributed by atoms with Gasteiger partial charge in [-0.2, -0.15) is 0 Å². The van der Waals surface area contributed by atoms with Crippen LogP contribution in [-0.2, 0) is 19.1 Å². The van der Waals surface area contributed by atoms with Gasteiger partial charge in [-0.05, 0) is 45.4 Å². The molecule has 0 amide bonds. The van der Waals surface area contributed by atoms with Crippen molar-refractivity contribution >= 4 is 11.9 Å². The van der Waals surface area contributed by atoms with Crippen molar-refractivity contribution in [1.29, 1.82) is 0 Å². The van der Waals surface area contributed by atoms with E-state index in [1.54, 1.807) is 51.6 Å². The molecule has 0 atom stereocenters. The van der Waals surface area contributed by atoms with Crippen LogP contribution in [-0.4, -0.2) is 50.3 Å². The van der Waals surface area contributed by atoms with Gasteiger partial charge in [0.1, 0.15) is 0 Å². The maximum atomic E-state index is 12.8. The largest absolute Gasteiger partial charge is 0.493 e. The lowest BCUT2D eigenvalue weighted by Gasteiger charge is -2.32. The first-order valence-electron chi connectivity index (χ1n) is 9.64. The molecule has 0 unspecified atom stereocenters. The molecule has 158 valence electrons. The number of rotatable bonds is 8. The minimum Gasteiger partial charge on any atom is -0.493 e. The standard InChI is InChI=1S/C22H29NO6/c1-7-28-21(24)16-12-23(14(3)4)13-17(22(25)29-8-2)20(16)15-9-10-18(26-5)19(11-15)27-6/h9-14,20H,7-8H2,1-6H3. The van der Waals surface area contributed by atoms with Crippen molar-refractivity contribution in [3.63, 3.8) is 0 Å². The Morgan fingerprint density at radius 1 is 0.931 bits per heavy atom. The van der Waals surface area contributed by atoms with Gasteiger partial charge in [0.05, 0.1) is 44.5 Å². The number of esters is 2.